The predicted molar refractivity (Wildman–Crippen MR) is 113 cm³/mol. The van der Waals surface area contributed by atoms with Gasteiger partial charge in [-0.3, -0.25) is 14.9 Å². The number of rotatable bonds is 8. The summed E-state index contributed by atoms with van der Waals surface area (Å²) in [6.45, 7) is 16.2. The lowest BCUT2D eigenvalue weighted by Crippen LogP contribution is -2.29. The molecule has 0 spiro atoms. The molecule has 0 aliphatic heterocycles. The lowest BCUT2D eigenvalue weighted by molar-refractivity contribution is -0.124. The summed E-state index contributed by atoms with van der Waals surface area (Å²) in [5.74, 6) is 0.106. The number of amides is 1. The van der Waals surface area contributed by atoms with E-state index in [1.807, 2.05) is 18.3 Å². The Hall–Kier alpha value is -2.18. The van der Waals surface area contributed by atoms with Gasteiger partial charge in [0.25, 0.3) is 5.91 Å². The van der Waals surface area contributed by atoms with Crippen molar-refractivity contribution in [1.29, 1.82) is 0 Å². The third-order valence-corrected chi connectivity index (χ3v) is 5.08. The number of hydrogen-bond donors (Lipinski definition) is 2. The molecule has 2 aromatic heterocycles. The van der Waals surface area contributed by atoms with Crippen LogP contribution in [-0.4, -0.2) is 38.5 Å². The largest absolute Gasteiger partial charge is 0.302 e. The molecule has 6 nitrogen and oxygen atoms in total. The molecule has 6 heteroatoms. The normalized spacial score (nSPS) is 13.6. The Morgan fingerprint density at radius 2 is 2.11 bits per heavy atom. The zero-order chi connectivity index (χ0) is 20.9. The fraction of sp³-hybridized carbons (Fsp3) is 0.545. The van der Waals surface area contributed by atoms with Crippen molar-refractivity contribution < 1.29 is 10.0 Å². The van der Waals surface area contributed by atoms with Gasteiger partial charge in [-0.05, 0) is 36.2 Å². The Morgan fingerprint density at radius 3 is 2.68 bits per heavy atom. The molecule has 1 amide bonds. The Bertz CT molecular complexity index is 833. The summed E-state index contributed by atoms with van der Waals surface area (Å²) in [6, 6.07) is 3.92. The molecule has 1 unspecified atom stereocenters. The van der Waals surface area contributed by atoms with E-state index >= 15 is 0 Å². The van der Waals surface area contributed by atoms with E-state index in [4.69, 9.17) is 10.2 Å². The number of fused-ring (bicyclic) bond motifs is 1. The first-order chi connectivity index (χ1) is 13.2. The van der Waals surface area contributed by atoms with Gasteiger partial charge in [-0.2, -0.15) is 0 Å². The van der Waals surface area contributed by atoms with E-state index in [0.29, 0.717) is 5.92 Å². The van der Waals surface area contributed by atoms with Crippen LogP contribution in [0, 0.1) is 5.92 Å². The van der Waals surface area contributed by atoms with Crippen molar-refractivity contribution in [2.45, 2.75) is 59.9 Å². The number of aromatic nitrogens is 2. The molecule has 0 aliphatic carbocycles. The fourth-order valence-electron chi connectivity index (χ4n) is 3.26. The third-order valence-electron chi connectivity index (χ3n) is 5.08. The van der Waals surface area contributed by atoms with Crippen molar-refractivity contribution in [3.05, 3.63) is 41.4 Å². The topological polar surface area (TPSA) is 69.9 Å². The lowest BCUT2D eigenvalue weighted by Gasteiger charge is -2.26. The SMILES string of the molecule is CCC(C)CN(CC)Cc1c(C(C)(C)C)nc2cc(/C=C/C(=O)NO)ccn12. The van der Waals surface area contributed by atoms with E-state index in [1.165, 1.54) is 18.2 Å². The number of carbonyl (C=O) groups excluding carboxylic acids is 1. The summed E-state index contributed by atoms with van der Waals surface area (Å²) >= 11 is 0. The zero-order valence-electron chi connectivity index (χ0n) is 18.0. The summed E-state index contributed by atoms with van der Waals surface area (Å²) in [6.07, 6.45) is 6.15. The quantitative estimate of drug-likeness (QED) is 0.408. The highest BCUT2D eigenvalue weighted by molar-refractivity contribution is 5.90. The minimum Gasteiger partial charge on any atom is -0.302 e. The molecule has 0 aromatic carbocycles. The van der Waals surface area contributed by atoms with Crippen molar-refractivity contribution in [2.24, 2.45) is 5.92 Å². The molecule has 0 radical (unpaired) electrons. The maximum absolute atomic E-state index is 11.2. The Balaban J connectivity index is 2.44. The molecule has 154 valence electrons. The number of hydrogen-bond acceptors (Lipinski definition) is 4. The summed E-state index contributed by atoms with van der Waals surface area (Å²) < 4.78 is 2.16. The van der Waals surface area contributed by atoms with Gasteiger partial charge in [-0.25, -0.2) is 10.5 Å². The van der Waals surface area contributed by atoms with E-state index in [0.717, 1.165) is 36.5 Å². The fourth-order valence-corrected chi connectivity index (χ4v) is 3.26. The first-order valence-corrected chi connectivity index (χ1v) is 10.1. The average Bonchev–Trinajstić information content (AvgIpc) is 3.03. The van der Waals surface area contributed by atoms with Crippen LogP contribution in [0.15, 0.2) is 24.4 Å². The number of nitrogens with one attached hydrogen (secondary N) is 1. The Labute approximate surface area is 168 Å². The number of nitrogens with zero attached hydrogens (tertiary/aromatic N) is 3. The molecule has 1 atom stereocenters. The minimum absolute atomic E-state index is 0.0656. The van der Waals surface area contributed by atoms with Gasteiger partial charge >= 0.3 is 0 Å². The van der Waals surface area contributed by atoms with E-state index in [1.54, 1.807) is 11.6 Å². The summed E-state index contributed by atoms with van der Waals surface area (Å²) in [5, 5.41) is 8.63. The molecule has 2 aromatic rings. The number of imidazole rings is 1. The van der Waals surface area contributed by atoms with Gasteiger partial charge in [0.15, 0.2) is 0 Å². The van der Waals surface area contributed by atoms with Gasteiger partial charge in [0.05, 0.1) is 11.4 Å². The standard InChI is InChI=1S/C22H34N4O2/c1-7-16(3)14-25(8-2)15-18-21(22(4,5)6)23-19-13-17(11-12-26(18)19)9-10-20(27)24-28/h9-13,16,28H,7-8,14-15H2,1-6H3,(H,24,27)/b10-9+. The molecule has 0 aliphatic rings. The Morgan fingerprint density at radius 1 is 1.39 bits per heavy atom. The lowest BCUT2D eigenvalue weighted by atomic mass is 9.90. The van der Waals surface area contributed by atoms with E-state index in [2.05, 4.69) is 50.8 Å². The summed E-state index contributed by atoms with van der Waals surface area (Å²) in [7, 11) is 0. The number of hydroxylamine groups is 1. The van der Waals surface area contributed by atoms with Gasteiger partial charge in [0.1, 0.15) is 5.65 Å². The van der Waals surface area contributed by atoms with Crippen LogP contribution in [0.4, 0.5) is 0 Å². The smallest absolute Gasteiger partial charge is 0.267 e. The number of pyridine rings is 1. The maximum atomic E-state index is 11.2. The van der Waals surface area contributed by atoms with Crippen LogP contribution in [0.1, 0.15) is 64.9 Å². The van der Waals surface area contributed by atoms with Crippen LogP contribution < -0.4 is 5.48 Å². The molecule has 28 heavy (non-hydrogen) atoms. The molecular formula is C22H34N4O2. The van der Waals surface area contributed by atoms with E-state index in [9.17, 15) is 4.79 Å². The van der Waals surface area contributed by atoms with Crippen LogP contribution >= 0.6 is 0 Å². The minimum atomic E-state index is -0.553. The molecule has 0 fully saturated rings. The first-order valence-electron chi connectivity index (χ1n) is 10.1. The van der Waals surface area contributed by atoms with Crippen molar-refractivity contribution in [1.82, 2.24) is 19.8 Å². The van der Waals surface area contributed by atoms with Gasteiger partial charge in [-0.15, -0.1) is 0 Å². The highest BCUT2D eigenvalue weighted by Crippen LogP contribution is 2.28. The van der Waals surface area contributed by atoms with Crippen molar-refractivity contribution >= 4 is 17.6 Å². The molecule has 0 saturated heterocycles. The van der Waals surface area contributed by atoms with Crippen LogP contribution in [0.2, 0.25) is 0 Å². The first kappa shape index (κ1) is 22.1. The zero-order valence-corrected chi connectivity index (χ0v) is 18.0. The summed E-state index contributed by atoms with van der Waals surface area (Å²) in [5.41, 5.74) is 5.58. The average molecular weight is 387 g/mol. The predicted octanol–water partition coefficient (Wildman–Crippen LogP) is 4.02. The van der Waals surface area contributed by atoms with Crippen LogP contribution in [0.3, 0.4) is 0 Å². The molecule has 0 saturated carbocycles. The van der Waals surface area contributed by atoms with Gasteiger partial charge < -0.3 is 4.40 Å². The van der Waals surface area contributed by atoms with Crippen LogP contribution in [0.25, 0.3) is 11.7 Å². The van der Waals surface area contributed by atoms with Crippen LogP contribution in [0.5, 0.6) is 0 Å². The second-order valence-corrected chi connectivity index (χ2v) is 8.50. The third kappa shape index (κ3) is 5.42. The highest BCUT2D eigenvalue weighted by atomic mass is 16.5. The second kappa shape index (κ2) is 9.34. The van der Waals surface area contributed by atoms with Crippen molar-refractivity contribution in [3.63, 3.8) is 0 Å². The van der Waals surface area contributed by atoms with Gasteiger partial charge in [-0.1, -0.05) is 48.0 Å². The van der Waals surface area contributed by atoms with Gasteiger partial charge in [0, 0.05) is 30.8 Å². The van der Waals surface area contributed by atoms with Crippen molar-refractivity contribution in [2.75, 3.05) is 13.1 Å². The molecule has 2 N–H and O–H groups in total. The molecule has 2 heterocycles. The van der Waals surface area contributed by atoms with Crippen molar-refractivity contribution in [3.8, 4) is 0 Å². The van der Waals surface area contributed by atoms with E-state index < -0.39 is 5.91 Å². The second-order valence-electron chi connectivity index (χ2n) is 8.50. The van der Waals surface area contributed by atoms with Gasteiger partial charge in [0.2, 0.25) is 0 Å². The van der Waals surface area contributed by atoms with E-state index in [-0.39, 0.29) is 5.41 Å². The monoisotopic (exact) mass is 386 g/mol. The maximum Gasteiger partial charge on any atom is 0.267 e. The number of carbonyl (C=O) groups is 1. The molecular weight excluding hydrogens is 352 g/mol. The summed E-state index contributed by atoms with van der Waals surface area (Å²) in [4.78, 5) is 18.6. The van der Waals surface area contributed by atoms with Crippen LogP contribution in [-0.2, 0) is 16.8 Å². The Kier molecular flexibility index (Phi) is 7.38. The molecule has 0 bridgehead atoms. The molecule has 2 rings (SSSR count). The highest BCUT2D eigenvalue weighted by Gasteiger charge is 2.25.